The van der Waals surface area contributed by atoms with Gasteiger partial charge in [-0.3, -0.25) is 4.98 Å². The lowest BCUT2D eigenvalue weighted by Gasteiger charge is -2.20. The Bertz CT molecular complexity index is 700. The van der Waals surface area contributed by atoms with Crippen molar-refractivity contribution in [2.75, 3.05) is 24.6 Å². The van der Waals surface area contributed by atoms with Crippen molar-refractivity contribution >= 4 is 17.4 Å². The minimum Gasteiger partial charge on any atom is -0.472 e. The molecule has 2 fully saturated rings. The Kier molecular flexibility index (Phi) is 3.83. The minimum absolute atomic E-state index is 0.303. The van der Waals surface area contributed by atoms with Crippen LogP contribution in [0, 0.1) is 17.8 Å². The molecule has 120 valence electrons. The van der Waals surface area contributed by atoms with E-state index in [-0.39, 0.29) is 0 Å². The first kappa shape index (κ1) is 14.7. The normalized spacial score (nSPS) is 25.3. The SMILES string of the molecule is OCC1[C@H]2CN(c3cncc(OCc4cccc(Cl)c4)n3)C[C@@H]12. The molecule has 0 radical (unpaired) electrons. The fourth-order valence-corrected chi connectivity index (χ4v) is 3.66. The summed E-state index contributed by atoms with van der Waals surface area (Å²) in [6.45, 7) is 2.61. The highest BCUT2D eigenvalue weighted by atomic mass is 35.5. The van der Waals surface area contributed by atoms with Crippen molar-refractivity contribution in [1.29, 1.82) is 0 Å². The van der Waals surface area contributed by atoms with E-state index in [1.807, 2.05) is 24.3 Å². The number of rotatable bonds is 5. The van der Waals surface area contributed by atoms with Gasteiger partial charge >= 0.3 is 0 Å². The van der Waals surface area contributed by atoms with Gasteiger partial charge in [-0.15, -0.1) is 0 Å². The zero-order valence-corrected chi connectivity index (χ0v) is 13.4. The Balaban J connectivity index is 1.39. The van der Waals surface area contributed by atoms with Crippen LogP contribution in [-0.4, -0.2) is 34.8 Å². The Labute approximate surface area is 139 Å². The van der Waals surface area contributed by atoms with E-state index in [1.165, 1.54) is 0 Å². The summed E-state index contributed by atoms with van der Waals surface area (Å²) in [5.74, 6) is 3.07. The van der Waals surface area contributed by atoms with E-state index in [1.54, 1.807) is 12.4 Å². The molecule has 1 unspecified atom stereocenters. The fourth-order valence-electron chi connectivity index (χ4n) is 3.45. The van der Waals surface area contributed by atoms with Crippen molar-refractivity contribution < 1.29 is 9.84 Å². The highest BCUT2D eigenvalue weighted by Gasteiger charge is 2.55. The number of hydrogen-bond acceptors (Lipinski definition) is 5. The third kappa shape index (κ3) is 2.99. The first-order chi connectivity index (χ1) is 11.2. The lowest BCUT2D eigenvalue weighted by atomic mass is 10.2. The van der Waals surface area contributed by atoms with E-state index in [9.17, 15) is 5.11 Å². The predicted molar refractivity (Wildman–Crippen MR) is 87.6 cm³/mol. The molecule has 2 heterocycles. The van der Waals surface area contributed by atoms with Gasteiger partial charge in [0.2, 0.25) is 5.88 Å². The molecule has 3 atom stereocenters. The monoisotopic (exact) mass is 331 g/mol. The third-order valence-electron chi connectivity index (χ3n) is 4.78. The van der Waals surface area contributed by atoms with E-state index in [0.29, 0.717) is 41.9 Å². The first-order valence-corrected chi connectivity index (χ1v) is 8.17. The summed E-state index contributed by atoms with van der Waals surface area (Å²) in [5, 5.41) is 9.93. The maximum Gasteiger partial charge on any atom is 0.234 e. The van der Waals surface area contributed by atoms with Crippen LogP contribution in [-0.2, 0) is 6.61 Å². The highest BCUT2D eigenvalue weighted by Crippen LogP contribution is 2.51. The zero-order chi connectivity index (χ0) is 15.8. The van der Waals surface area contributed by atoms with Crippen molar-refractivity contribution in [2.24, 2.45) is 17.8 Å². The van der Waals surface area contributed by atoms with Gasteiger partial charge in [0, 0.05) is 24.7 Å². The molecule has 1 aromatic carbocycles. The van der Waals surface area contributed by atoms with Gasteiger partial charge in [-0.1, -0.05) is 23.7 Å². The van der Waals surface area contributed by atoms with Gasteiger partial charge in [-0.25, -0.2) is 0 Å². The van der Waals surface area contributed by atoms with Crippen molar-refractivity contribution in [1.82, 2.24) is 9.97 Å². The lowest BCUT2D eigenvalue weighted by molar-refractivity contribution is 0.260. The summed E-state index contributed by atoms with van der Waals surface area (Å²) in [7, 11) is 0. The molecule has 0 amide bonds. The molecule has 1 aromatic heterocycles. The molecular weight excluding hydrogens is 314 g/mol. The van der Waals surface area contributed by atoms with Gasteiger partial charge in [0.05, 0.1) is 12.4 Å². The second kappa shape index (κ2) is 5.98. The number of anilines is 1. The average molecular weight is 332 g/mol. The smallest absolute Gasteiger partial charge is 0.234 e. The van der Waals surface area contributed by atoms with Crippen LogP contribution in [0.1, 0.15) is 5.56 Å². The number of halogens is 1. The number of nitrogens with zero attached hydrogens (tertiary/aromatic N) is 3. The van der Waals surface area contributed by atoms with Crippen molar-refractivity contribution in [3.8, 4) is 5.88 Å². The van der Waals surface area contributed by atoms with Gasteiger partial charge in [0.25, 0.3) is 0 Å². The molecule has 2 aliphatic rings. The summed E-state index contributed by atoms with van der Waals surface area (Å²) in [6, 6.07) is 7.58. The topological polar surface area (TPSA) is 58.5 Å². The largest absolute Gasteiger partial charge is 0.472 e. The van der Waals surface area contributed by atoms with Crippen LogP contribution >= 0.6 is 11.6 Å². The first-order valence-electron chi connectivity index (χ1n) is 7.79. The number of fused-ring (bicyclic) bond motifs is 1. The maximum atomic E-state index is 9.23. The van der Waals surface area contributed by atoms with Crippen molar-refractivity contribution in [3.05, 3.63) is 47.2 Å². The molecule has 0 bridgehead atoms. The third-order valence-corrected chi connectivity index (χ3v) is 5.02. The van der Waals surface area contributed by atoms with E-state index >= 15 is 0 Å². The molecule has 1 saturated carbocycles. The lowest BCUT2D eigenvalue weighted by Crippen LogP contribution is -2.25. The summed E-state index contributed by atoms with van der Waals surface area (Å²) >= 11 is 5.97. The Morgan fingerprint density at radius 3 is 2.83 bits per heavy atom. The quantitative estimate of drug-likeness (QED) is 0.911. The molecule has 5 nitrogen and oxygen atoms in total. The van der Waals surface area contributed by atoms with Crippen LogP contribution < -0.4 is 9.64 Å². The number of ether oxygens (including phenoxy) is 1. The number of aliphatic hydroxyl groups is 1. The van der Waals surface area contributed by atoms with Gasteiger partial charge < -0.3 is 14.7 Å². The fraction of sp³-hybridized carbons (Fsp3) is 0.412. The van der Waals surface area contributed by atoms with Crippen LogP contribution in [0.4, 0.5) is 5.82 Å². The Morgan fingerprint density at radius 1 is 1.26 bits per heavy atom. The van der Waals surface area contributed by atoms with Crippen LogP contribution in [0.2, 0.25) is 5.02 Å². The van der Waals surface area contributed by atoms with Gasteiger partial charge in [-0.2, -0.15) is 4.98 Å². The highest BCUT2D eigenvalue weighted by molar-refractivity contribution is 6.30. The number of benzene rings is 1. The molecule has 6 heteroatoms. The van der Waals surface area contributed by atoms with Crippen LogP contribution in [0.3, 0.4) is 0 Å². The molecule has 1 aliphatic carbocycles. The predicted octanol–water partition coefficient (Wildman–Crippen LogP) is 2.38. The van der Waals surface area contributed by atoms with Crippen LogP contribution in [0.25, 0.3) is 0 Å². The van der Waals surface area contributed by atoms with Gasteiger partial charge in [0.1, 0.15) is 6.61 Å². The number of aromatic nitrogens is 2. The minimum atomic E-state index is 0.303. The van der Waals surface area contributed by atoms with E-state index in [4.69, 9.17) is 16.3 Å². The number of aliphatic hydroxyl groups excluding tert-OH is 1. The Hall–Kier alpha value is -1.85. The number of hydrogen-bond donors (Lipinski definition) is 1. The molecule has 2 aromatic rings. The van der Waals surface area contributed by atoms with Crippen LogP contribution in [0.5, 0.6) is 5.88 Å². The number of piperidine rings is 1. The summed E-state index contributed by atoms with van der Waals surface area (Å²) in [6.07, 6.45) is 3.40. The standard InChI is InChI=1S/C17H18ClN3O2/c18-12-3-1-2-11(4-12)10-23-17-6-19-5-16(20-17)21-7-13-14(8-21)15(13)9-22/h1-6,13-15,22H,7-10H2/t13-,14+,15?. The van der Waals surface area contributed by atoms with Crippen molar-refractivity contribution in [2.45, 2.75) is 6.61 Å². The summed E-state index contributed by atoms with van der Waals surface area (Å²) in [5.41, 5.74) is 0.998. The second-order valence-corrected chi connectivity index (χ2v) is 6.65. The Morgan fingerprint density at radius 2 is 2.09 bits per heavy atom. The van der Waals surface area contributed by atoms with Gasteiger partial charge in [0.15, 0.2) is 5.82 Å². The molecule has 1 aliphatic heterocycles. The summed E-state index contributed by atoms with van der Waals surface area (Å²) < 4.78 is 5.73. The molecule has 23 heavy (non-hydrogen) atoms. The van der Waals surface area contributed by atoms with Crippen molar-refractivity contribution in [3.63, 3.8) is 0 Å². The molecule has 0 spiro atoms. The molecule has 1 saturated heterocycles. The average Bonchev–Trinajstić information content (AvgIpc) is 3.04. The zero-order valence-electron chi connectivity index (χ0n) is 12.6. The van der Waals surface area contributed by atoms with Crippen LogP contribution in [0.15, 0.2) is 36.7 Å². The van der Waals surface area contributed by atoms with E-state index in [0.717, 1.165) is 24.5 Å². The summed E-state index contributed by atoms with van der Waals surface area (Å²) in [4.78, 5) is 11.0. The second-order valence-electron chi connectivity index (χ2n) is 6.21. The molecule has 4 rings (SSSR count). The van der Waals surface area contributed by atoms with E-state index in [2.05, 4.69) is 14.9 Å². The molecule has 1 N–H and O–H groups in total. The van der Waals surface area contributed by atoms with E-state index < -0.39 is 0 Å². The van der Waals surface area contributed by atoms with Gasteiger partial charge in [-0.05, 0) is 35.4 Å². The maximum absolute atomic E-state index is 9.23. The molecular formula is C17H18ClN3O2.